The third kappa shape index (κ3) is 1.54. The maximum Gasteiger partial charge on any atom is 0.272 e. The fraction of sp³-hybridized carbons (Fsp3) is 0.125. The van der Waals surface area contributed by atoms with Gasteiger partial charge in [0, 0.05) is 17.8 Å². The number of aromatic nitrogens is 4. The molecule has 2 aromatic heterocycles. The molecule has 0 radical (unpaired) electrons. The lowest BCUT2D eigenvalue weighted by atomic mass is 10.5. The van der Waals surface area contributed by atoms with Gasteiger partial charge in [-0.1, -0.05) is 11.6 Å². The van der Waals surface area contributed by atoms with Gasteiger partial charge in [-0.2, -0.15) is 0 Å². The van der Waals surface area contributed by atoms with Crippen molar-refractivity contribution in [1.82, 2.24) is 19.7 Å². The van der Waals surface area contributed by atoms with Crippen LogP contribution in [-0.2, 0) is 0 Å². The van der Waals surface area contributed by atoms with Crippen LogP contribution in [-0.4, -0.2) is 19.7 Å². The summed E-state index contributed by atoms with van der Waals surface area (Å²) in [5, 5.41) is 3.14. The highest BCUT2D eigenvalue weighted by molar-refractivity contribution is 6.29. The summed E-state index contributed by atoms with van der Waals surface area (Å²) < 4.78 is 1.31. The third-order valence-electron chi connectivity index (χ3n) is 1.70. The Kier molecular flexibility index (Phi) is 2.09. The van der Waals surface area contributed by atoms with Crippen molar-refractivity contribution in [2.45, 2.75) is 6.92 Å². The summed E-state index contributed by atoms with van der Waals surface area (Å²) in [6.07, 6.45) is 1.31. The van der Waals surface area contributed by atoms with E-state index in [2.05, 4.69) is 15.1 Å². The quantitative estimate of drug-likeness (QED) is 0.712. The molecule has 72 valence electrons. The van der Waals surface area contributed by atoms with Crippen LogP contribution in [0.25, 0.3) is 5.82 Å². The minimum Gasteiger partial charge on any atom is -0.294 e. The molecule has 2 aromatic rings. The topological polar surface area (TPSA) is 63.6 Å². The van der Waals surface area contributed by atoms with E-state index in [1.807, 2.05) is 0 Å². The highest BCUT2D eigenvalue weighted by atomic mass is 35.5. The summed E-state index contributed by atoms with van der Waals surface area (Å²) in [4.78, 5) is 19.0. The van der Waals surface area contributed by atoms with Crippen molar-refractivity contribution >= 4 is 11.6 Å². The molecule has 2 rings (SSSR count). The number of rotatable bonds is 1. The molecule has 1 N–H and O–H groups in total. The molecule has 0 amide bonds. The Bertz CT molecular complexity index is 516. The van der Waals surface area contributed by atoms with Gasteiger partial charge in [-0.3, -0.25) is 9.89 Å². The fourth-order valence-corrected chi connectivity index (χ4v) is 1.27. The zero-order valence-electron chi connectivity index (χ0n) is 7.36. The van der Waals surface area contributed by atoms with Crippen LogP contribution in [0.5, 0.6) is 0 Å². The molecule has 2 heterocycles. The van der Waals surface area contributed by atoms with Gasteiger partial charge in [0.05, 0.1) is 0 Å². The summed E-state index contributed by atoms with van der Waals surface area (Å²) in [6, 6.07) is 2.99. The first-order valence-electron chi connectivity index (χ1n) is 3.93. The number of halogens is 1. The van der Waals surface area contributed by atoms with Crippen molar-refractivity contribution in [2.75, 3.05) is 0 Å². The number of aryl methyl sites for hydroxylation is 1. The van der Waals surface area contributed by atoms with Crippen LogP contribution < -0.4 is 5.56 Å². The van der Waals surface area contributed by atoms with Crippen LogP contribution in [0.2, 0.25) is 5.15 Å². The second-order valence-corrected chi connectivity index (χ2v) is 3.20. The molecule has 5 nitrogen and oxygen atoms in total. The van der Waals surface area contributed by atoms with Crippen LogP contribution in [0.1, 0.15) is 5.69 Å². The minimum absolute atomic E-state index is 0.169. The second kappa shape index (κ2) is 3.26. The van der Waals surface area contributed by atoms with E-state index < -0.39 is 0 Å². The maximum absolute atomic E-state index is 11.4. The molecule has 0 aliphatic heterocycles. The maximum atomic E-state index is 11.4. The SMILES string of the molecule is Cc1cc(=O)n(-c2cc(Cl)ncn2)[nH]1. The highest BCUT2D eigenvalue weighted by Gasteiger charge is 2.04. The zero-order valence-corrected chi connectivity index (χ0v) is 8.12. The first kappa shape index (κ1) is 8.96. The van der Waals surface area contributed by atoms with Crippen molar-refractivity contribution in [2.24, 2.45) is 0 Å². The van der Waals surface area contributed by atoms with E-state index in [4.69, 9.17) is 11.6 Å². The van der Waals surface area contributed by atoms with Gasteiger partial charge in [-0.25, -0.2) is 14.6 Å². The molecule has 0 saturated heterocycles. The summed E-state index contributed by atoms with van der Waals surface area (Å²) in [7, 11) is 0. The van der Waals surface area contributed by atoms with E-state index in [-0.39, 0.29) is 5.56 Å². The lowest BCUT2D eigenvalue weighted by molar-refractivity contribution is 0.801. The molecule has 0 atom stereocenters. The van der Waals surface area contributed by atoms with Crippen LogP contribution >= 0.6 is 11.6 Å². The monoisotopic (exact) mass is 210 g/mol. The molecule has 0 fully saturated rings. The van der Waals surface area contributed by atoms with E-state index >= 15 is 0 Å². The minimum atomic E-state index is -0.169. The van der Waals surface area contributed by atoms with Crippen LogP contribution in [0.3, 0.4) is 0 Å². The number of nitrogens with zero attached hydrogens (tertiary/aromatic N) is 3. The summed E-state index contributed by atoms with van der Waals surface area (Å²) >= 11 is 5.67. The predicted octanol–water partition coefficient (Wildman–Crippen LogP) is 0.917. The number of hydrogen-bond donors (Lipinski definition) is 1. The molecule has 0 unspecified atom stereocenters. The van der Waals surface area contributed by atoms with Gasteiger partial charge >= 0.3 is 0 Å². The smallest absolute Gasteiger partial charge is 0.272 e. The first-order chi connectivity index (χ1) is 6.66. The molecule has 0 saturated carbocycles. The molecule has 0 aliphatic carbocycles. The van der Waals surface area contributed by atoms with Gasteiger partial charge in [0.1, 0.15) is 11.5 Å². The molecular weight excluding hydrogens is 204 g/mol. The lowest BCUT2D eigenvalue weighted by Gasteiger charge is -1.99. The van der Waals surface area contributed by atoms with E-state index in [1.165, 1.54) is 23.1 Å². The lowest BCUT2D eigenvalue weighted by Crippen LogP contribution is -2.14. The van der Waals surface area contributed by atoms with Gasteiger partial charge in [0.25, 0.3) is 5.56 Å². The Hall–Kier alpha value is -1.62. The summed E-state index contributed by atoms with van der Waals surface area (Å²) in [6.45, 7) is 1.79. The average Bonchev–Trinajstić information content (AvgIpc) is 2.45. The Morgan fingerprint density at radius 1 is 1.43 bits per heavy atom. The van der Waals surface area contributed by atoms with Crippen LogP contribution in [0.15, 0.2) is 23.3 Å². The van der Waals surface area contributed by atoms with Crippen LogP contribution in [0.4, 0.5) is 0 Å². The molecule has 14 heavy (non-hydrogen) atoms. The molecule has 0 bridgehead atoms. The number of H-pyrrole nitrogens is 1. The van der Waals surface area contributed by atoms with Crippen LogP contribution in [0, 0.1) is 6.92 Å². The molecular formula is C8H7ClN4O. The Balaban J connectivity index is 2.60. The van der Waals surface area contributed by atoms with Gasteiger partial charge in [0.2, 0.25) is 0 Å². The van der Waals surface area contributed by atoms with Gasteiger partial charge in [-0.15, -0.1) is 0 Å². The first-order valence-corrected chi connectivity index (χ1v) is 4.31. The van der Waals surface area contributed by atoms with Crippen molar-refractivity contribution in [3.8, 4) is 5.82 Å². The van der Waals surface area contributed by atoms with Gasteiger partial charge < -0.3 is 0 Å². The average molecular weight is 211 g/mol. The largest absolute Gasteiger partial charge is 0.294 e. The number of aromatic amines is 1. The summed E-state index contributed by atoms with van der Waals surface area (Å²) in [5.41, 5.74) is 0.599. The number of hydrogen-bond acceptors (Lipinski definition) is 3. The van der Waals surface area contributed by atoms with Crippen molar-refractivity contribution in [3.63, 3.8) is 0 Å². The van der Waals surface area contributed by atoms with Crippen molar-refractivity contribution in [3.05, 3.63) is 39.7 Å². The van der Waals surface area contributed by atoms with E-state index in [0.29, 0.717) is 11.0 Å². The van der Waals surface area contributed by atoms with E-state index in [0.717, 1.165) is 5.69 Å². The molecule has 6 heteroatoms. The standard InChI is InChI=1S/C8H7ClN4O/c1-5-2-8(14)13(12-5)7-3-6(9)10-4-11-7/h2-4,12H,1H3. The third-order valence-corrected chi connectivity index (χ3v) is 1.90. The summed E-state index contributed by atoms with van der Waals surface area (Å²) in [5.74, 6) is 0.433. The molecule has 0 aliphatic rings. The van der Waals surface area contributed by atoms with Crippen molar-refractivity contribution < 1.29 is 0 Å². The van der Waals surface area contributed by atoms with Gasteiger partial charge in [-0.05, 0) is 6.92 Å². The Morgan fingerprint density at radius 2 is 2.21 bits per heavy atom. The zero-order chi connectivity index (χ0) is 10.1. The van der Waals surface area contributed by atoms with E-state index in [1.54, 1.807) is 6.92 Å². The van der Waals surface area contributed by atoms with E-state index in [9.17, 15) is 4.79 Å². The Labute approximate surface area is 84.4 Å². The number of nitrogens with one attached hydrogen (secondary N) is 1. The fourth-order valence-electron chi connectivity index (χ4n) is 1.13. The highest BCUT2D eigenvalue weighted by Crippen LogP contribution is 2.06. The predicted molar refractivity (Wildman–Crippen MR) is 51.7 cm³/mol. The Morgan fingerprint density at radius 3 is 2.79 bits per heavy atom. The second-order valence-electron chi connectivity index (χ2n) is 2.81. The molecule has 0 aromatic carbocycles. The molecule has 0 spiro atoms. The normalized spacial score (nSPS) is 10.4. The van der Waals surface area contributed by atoms with Crippen molar-refractivity contribution in [1.29, 1.82) is 0 Å². The van der Waals surface area contributed by atoms with Gasteiger partial charge in [0.15, 0.2) is 5.82 Å².